The van der Waals surface area contributed by atoms with Crippen LogP contribution in [-0.4, -0.2) is 59.6 Å². The summed E-state index contributed by atoms with van der Waals surface area (Å²) in [5.74, 6) is -0.309. The van der Waals surface area contributed by atoms with Crippen molar-refractivity contribution in [1.82, 2.24) is 14.7 Å². The van der Waals surface area contributed by atoms with Crippen LogP contribution in [-0.2, 0) is 15.0 Å². The lowest BCUT2D eigenvalue weighted by atomic mass is 10.0. The Labute approximate surface area is 221 Å². The van der Waals surface area contributed by atoms with Crippen LogP contribution in [0.25, 0.3) is 0 Å². The second-order valence-corrected chi connectivity index (χ2v) is 11.6. The molecule has 4 N–H and O–H groups in total. The number of hydrogen-bond acceptors (Lipinski definition) is 9. The summed E-state index contributed by atoms with van der Waals surface area (Å²) in [5.41, 5.74) is 2.09. The Morgan fingerprint density at radius 1 is 1.31 bits per heavy atom. The van der Waals surface area contributed by atoms with Gasteiger partial charge >= 0.3 is 10.3 Å². The molecule has 1 aromatic carbocycles. The van der Waals surface area contributed by atoms with Crippen LogP contribution in [0.5, 0.6) is 0 Å². The van der Waals surface area contributed by atoms with Crippen LogP contribution in [0.1, 0.15) is 45.3 Å². The van der Waals surface area contributed by atoms with E-state index in [9.17, 15) is 18.3 Å². The van der Waals surface area contributed by atoms with Gasteiger partial charge in [0.15, 0.2) is 0 Å². The summed E-state index contributed by atoms with van der Waals surface area (Å²) >= 11 is 4.78. The molecule has 10 nitrogen and oxygen atoms in total. The van der Waals surface area contributed by atoms with Gasteiger partial charge in [0.1, 0.15) is 18.2 Å². The lowest BCUT2D eigenvalue weighted by molar-refractivity contribution is 0.104. The highest BCUT2D eigenvalue weighted by molar-refractivity contribution is 9.10. The summed E-state index contributed by atoms with van der Waals surface area (Å²) in [6.07, 6.45) is 2.42. The predicted octanol–water partition coefficient (Wildman–Crippen LogP) is 3.21. The Balaban J connectivity index is 1.49. The van der Waals surface area contributed by atoms with Gasteiger partial charge in [-0.3, -0.25) is 9.35 Å². The minimum absolute atomic E-state index is 0.0929. The molecule has 0 spiro atoms. The monoisotopic (exact) mass is 596 g/mol. The first-order valence-electron chi connectivity index (χ1n) is 11.0. The van der Waals surface area contributed by atoms with E-state index in [4.69, 9.17) is 9.29 Å². The molecule has 1 fully saturated rings. The number of methoxy groups -OCH3 is 1. The van der Waals surface area contributed by atoms with E-state index in [2.05, 4.69) is 31.2 Å². The van der Waals surface area contributed by atoms with E-state index in [1.165, 1.54) is 23.9 Å². The number of ketones is 1. The molecule has 0 bridgehead atoms. The van der Waals surface area contributed by atoms with Gasteiger partial charge in [0.05, 0.1) is 16.5 Å². The number of thiophene rings is 1. The molecule has 36 heavy (non-hydrogen) atoms. The Morgan fingerprint density at radius 3 is 2.83 bits per heavy atom. The molecule has 4 atom stereocenters. The number of nitrogens with zero attached hydrogens (tertiary/aromatic N) is 2. The standard InChI is InChI=1S/C23H25BrN4O6S2/c1-34-22(13-3-2-4-16(24)5-13)15-7-20(35-11-15)21(30)18-10-25-12-26-23(18)28-17-6-14(19(29)8-17)9-27-36(31,32)33/h2-5,7,10-12,14,17,19,22,27,29H,6,8-9H2,1H3,(H,25,26,28)(H,31,32,33)/t14-,17-,19+,22-/m1/s1. The maximum Gasteiger partial charge on any atom is 0.333 e. The number of carbonyl (C=O) groups is 1. The maximum atomic E-state index is 13.4. The summed E-state index contributed by atoms with van der Waals surface area (Å²) in [4.78, 5) is 22.1. The zero-order chi connectivity index (χ0) is 25.9. The minimum atomic E-state index is -4.34. The summed E-state index contributed by atoms with van der Waals surface area (Å²) in [7, 11) is -2.73. The number of nitrogens with one attached hydrogen (secondary N) is 2. The molecule has 2 aromatic heterocycles. The first-order chi connectivity index (χ1) is 17.1. The molecule has 4 rings (SSSR count). The van der Waals surface area contributed by atoms with Gasteiger partial charge in [-0.15, -0.1) is 11.3 Å². The molecular weight excluding hydrogens is 572 g/mol. The average Bonchev–Trinajstić information content (AvgIpc) is 3.44. The lowest BCUT2D eigenvalue weighted by Crippen LogP contribution is -2.32. The van der Waals surface area contributed by atoms with Crippen LogP contribution >= 0.6 is 27.3 Å². The Morgan fingerprint density at radius 2 is 2.11 bits per heavy atom. The van der Waals surface area contributed by atoms with Gasteiger partial charge in [0, 0.05) is 36.3 Å². The molecule has 192 valence electrons. The number of ether oxygens (including phenoxy) is 1. The molecule has 0 amide bonds. The third-order valence-corrected chi connectivity index (χ3v) is 7.99. The van der Waals surface area contributed by atoms with Gasteiger partial charge in [-0.25, -0.2) is 9.97 Å². The summed E-state index contributed by atoms with van der Waals surface area (Å²) in [6.45, 7) is -0.0929. The smallest absolute Gasteiger partial charge is 0.333 e. The van der Waals surface area contributed by atoms with E-state index in [1.54, 1.807) is 13.2 Å². The van der Waals surface area contributed by atoms with Crippen molar-refractivity contribution in [1.29, 1.82) is 0 Å². The normalized spacial score (nSPS) is 20.8. The highest BCUT2D eigenvalue weighted by Gasteiger charge is 2.34. The van der Waals surface area contributed by atoms with Crippen molar-refractivity contribution in [2.24, 2.45) is 5.92 Å². The fourth-order valence-corrected chi connectivity index (χ4v) is 6.05. The van der Waals surface area contributed by atoms with E-state index in [0.29, 0.717) is 23.5 Å². The highest BCUT2D eigenvalue weighted by atomic mass is 79.9. The molecular formula is C23H25BrN4O6S2. The molecule has 0 saturated heterocycles. The van der Waals surface area contributed by atoms with Crippen molar-refractivity contribution in [2.75, 3.05) is 19.0 Å². The van der Waals surface area contributed by atoms with E-state index in [0.717, 1.165) is 15.6 Å². The van der Waals surface area contributed by atoms with Crippen LogP contribution in [0.15, 0.2) is 52.7 Å². The molecule has 1 aliphatic carbocycles. The van der Waals surface area contributed by atoms with Gasteiger partial charge < -0.3 is 15.2 Å². The third-order valence-electron chi connectivity index (χ3n) is 6.02. The van der Waals surface area contributed by atoms with Gasteiger partial charge in [-0.2, -0.15) is 13.1 Å². The van der Waals surface area contributed by atoms with Crippen molar-refractivity contribution in [3.8, 4) is 0 Å². The van der Waals surface area contributed by atoms with Crippen molar-refractivity contribution in [3.05, 3.63) is 74.3 Å². The maximum absolute atomic E-state index is 13.4. The molecule has 0 radical (unpaired) electrons. The highest BCUT2D eigenvalue weighted by Crippen LogP contribution is 2.33. The first-order valence-corrected chi connectivity index (χ1v) is 14.1. The first kappa shape index (κ1) is 26.8. The van der Waals surface area contributed by atoms with Crippen molar-refractivity contribution < 1.29 is 27.6 Å². The number of rotatable bonds is 10. The van der Waals surface area contributed by atoms with Gasteiger partial charge in [-0.1, -0.05) is 28.1 Å². The molecule has 1 aliphatic rings. The number of aliphatic hydroxyl groups excluding tert-OH is 1. The molecule has 3 aromatic rings. The third kappa shape index (κ3) is 6.54. The van der Waals surface area contributed by atoms with Crippen LogP contribution in [0.2, 0.25) is 0 Å². The number of hydrogen-bond donors (Lipinski definition) is 4. The topological polar surface area (TPSA) is 151 Å². The largest absolute Gasteiger partial charge is 0.393 e. The van der Waals surface area contributed by atoms with Crippen LogP contribution < -0.4 is 10.0 Å². The molecule has 0 unspecified atom stereocenters. The SMILES string of the molecule is CO[C@H](c1cccc(Br)c1)c1csc(C(=O)c2cncnc2N[C@@H]2C[C@H](CNS(=O)(=O)O)[C@@H](O)C2)c1. The second-order valence-electron chi connectivity index (χ2n) is 8.49. The number of anilines is 1. The number of aromatic nitrogens is 2. The number of halogens is 1. The van der Waals surface area contributed by atoms with Crippen molar-refractivity contribution in [2.45, 2.75) is 31.1 Å². The van der Waals surface area contributed by atoms with Gasteiger partial charge in [0.25, 0.3) is 0 Å². The zero-order valence-corrected chi connectivity index (χ0v) is 22.4. The zero-order valence-electron chi connectivity index (χ0n) is 19.2. The lowest BCUT2D eigenvalue weighted by Gasteiger charge is -2.16. The number of aliphatic hydroxyl groups is 1. The van der Waals surface area contributed by atoms with E-state index in [1.807, 2.05) is 34.4 Å². The summed E-state index contributed by atoms with van der Waals surface area (Å²) in [6, 6.07) is 9.33. The number of carbonyl (C=O) groups excluding carboxylic acids is 1. The molecule has 1 saturated carbocycles. The van der Waals surface area contributed by atoms with E-state index >= 15 is 0 Å². The number of benzene rings is 1. The molecule has 13 heteroatoms. The fourth-order valence-electron chi connectivity index (χ4n) is 4.33. The van der Waals surface area contributed by atoms with Crippen molar-refractivity contribution >= 4 is 49.2 Å². The average molecular weight is 598 g/mol. The quantitative estimate of drug-likeness (QED) is 0.204. The molecule has 2 heterocycles. The predicted molar refractivity (Wildman–Crippen MR) is 138 cm³/mol. The minimum Gasteiger partial charge on any atom is -0.393 e. The van der Waals surface area contributed by atoms with Crippen LogP contribution in [0.3, 0.4) is 0 Å². The van der Waals surface area contributed by atoms with Crippen molar-refractivity contribution in [3.63, 3.8) is 0 Å². The van der Waals surface area contributed by atoms with E-state index in [-0.39, 0.29) is 30.0 Å². The summed E-state index contributed by atoms with van der Waals surface area (Å²) < 4.78 is 39.5. The fraction of sp³-hybridized carbons (Fsp3) is 0.348. The Hall–Kier alpha value is -2.26. The van der Waals surface area contributed by atoms with Crippen LogP contribution in [0.4, 0.5) is 5.82 Å². The van der Waals surface area contributed by atoms with E-state index < -0.39 is 22.3 Å². The Kier molecular flexibility index (Phi) is 8.50. The van der Waals surface area contributed by atoms with Gasteiger partial charge in [-0.05, 0) is 47.5 Å². The second kappa shape index (κ2) is 11.4. The van der Waals surface area contributed by atoms with Crippen LogP contribution in [0, 0.1) is 5.92 Å². The molecule has 0 aliphatic heterocycles. The summed E-state index contributed by atoms with van der Waals surface area (Å²) in [5, 5.41) is 15.4. The Bertz CT molecular complexity index is 1340. The van der Waals surface area contributed by atoms with Gasteiger partial charge in [0.2, 0.25) is 5.78 Å².